The highest BCUT2D eigenvalue weighted by Gasteiger charge is 2.46. The topological polar surface area (TPSA) is 99.1 Å². The summed E-state index contributed by atoms with van der Waals surface area (Å²) < 4.78 is 25.5. The van der Waals surface area contributed by atoms with E-state index in [1.165, 1.54) is 0 Å². The lowest BCUT2D eigenvalue weighted by atomic mass is 9.73. The number of pyridine rings is 1. The third-order valence-electron chi connectivity index (χ3n) is 5.98. The Kier molecular flexibility index (Phi) is 6.63. The van der Waals surface area contributed by atoms with E-state index < -0.39 is 20.7 Å². The molecule has 1 aliphatic carbocycles. The van der Waals surface area contributed by atoms with Crippen LogP contribution in [0.4, 0.5) is 0 Å². The number of benzene rings is 2. The maximum atomic E-state index is 12.8. The molecule has 3 aromatic rings. The molecule has 0 amide bonds. The smallest absolute Gasteiger partial charge is 0.217 e. The molecule has 32 heavy (non-hydrogen) atoms. The summed E-state index contributed by atoms with van der Waals surface area (Å²) in [7, 11) is -3.89. The maximum absolute atomic E-state index is 12.8. The lowest BCUT2D eigenvalue weighted by Gasteiger charge is -2.38. The SMILES string of the molecule is CC1=CC(C)(c2nc3ccccc3cc2-c2cccc(CN)c2)C(S(N)(=O)=O)C(C)=C1.Cl. The van der Waals surface area contributed by atoms with E-state index >= 15 is 0 Å². The monoisotopic (exact) mass is 469 g/mol. The first-order chi connectivity index (χ1) is 14.6. The highest BCUT2D eigenvalue weighted by Crippen LogP contribution is 2.44. The number of nitrogens with zero attached hydrogens (tertiary/aromatic N) is 1. The summed E-state index contributed by atoms with van der Waals surface area (Å²) in [5.74, 6) is 0. The summed E-state index contributed by atoms with van der Waals surface area (Å²) in [4.78, 5) is 5.01. The molecular weight excluding hydrogens is 442 g/mol. The first-order valence-corrected chi connectivity index (χ1v) is 11.8. The largest absolute Gasteiger partial charge is 0.326 e. The highest BCUT2D eigenvalue weighted by molar-refractivity contribution is 7.90. The van der Waals surface area contributed by atoms with Gasteiger partial charge in [-0.15, -0.1) is 12.4 Å². The van der Waals surface area contributed by atoms with Gasteiger partial charge in [-0.1, -0.05) is 59.7 Å². The summed E-state index contributed by atoms with van der Waals surface area (Å²) in [5, 5.41) is 5.84. The van der Waals surface area contributed by atoms with Gasteiger partial charge in [0, 0.05) is 17.5 Å². The van der Waals surface area contributed by atoms with Gasteiger partial charge < -0.3 is 5.73 Å². The number of sulfonamides is 1. The van der Waals surface area contributed by atoms with Crippen LogP contribution in [0, 0.1) is 0 Å². The molecule has 5 nitrogen and oxygen atoms in total. The van der Waals surface area contributed by atoms with Crippen LogP contribution >= 0.6 is 12.4 Å². The zero-order chi connectivity index (χ0) is 22.4. The average molecular weight is 470 g/mol. The van der Waals surface area contributed by atoms with Gasteiger partial charge in [-0.05, 0) is 50.1 Å². The zero-order valence-electron chi connectivity index (χ0n) is 18.4. The molecule has 0 aliphatic heterocycles. The summed E-state index contributed by atoms with van der Waals surface area (Å²) in [6.45, 7) is 6.12. The van der Waals surface area contributed by atoms with Crippen LogP contribution in [0.3, 0.4) is 0 Å². The number of aromatic nitrogens is 1. The van der Waals surface area contributed by atoms with Crippen LogP contribution in [0.15, 0.2) is 77.9 Å². The Morgan fingerprint density at radius 1 is 1.06 bits per heavy atom. The third-order valence-corrected chi connectivity index (χ3v) is 7.50. The molecule has 7 heteroatoms. The van der Waals surface area contributed by atoms with Crippen molar-refractivity contribution in [1.29, 1.82) is 0 Å². The van der Waals surface area contributed by atoms with Gasteiger partial charge in [-0.3, -0.25) is 4.98 Å². The molecular formula is C25H28ClN3O2S. The van der Waals surface area contributed by atoms with Crippen molar-refractivity contribution in [3.05, 3.63) is 89.2 Å². The Morgan fingerprint density at radius 3 is 2.47 bits per heavy atom. The molecule has 2 aromatic carbocycles. The van der Waals surface area contributed by atoms with E-state index in [4.69, 9.17) is 15.9 Å². The molecule has 168 valence electrons. The molecule has 2 atom stereocenters. The first-order valence-electron chi connectivity index (χ1n) is 10.2. The molecule has 0 radical (unpaired) electrons. The van der Waals surface area contributed by atoms with Crippen LogP contribution in [0.1, 0.15) is 32.0 Å². The lowest BCUT2D eigenvalue weighted by Crippen LogP contribution is -2.47. The fourth-order valence-electron chi connectivity index (χ4n) is 4.90. The minimum absolute atomic E-state index is 0. The van der Waals surface area contributed by atoms with Gasteiger partial charge in [-0.2, -0.15) is 0 Å². The average Bonchev–Trinajstić information content (AvgIpc) is 2.71. The van der Waals surface area contributed by atoms with Crippen molar-refractivity contribution in [2.24, 2.45) is 10.9 Å². The van der Waals surface area contributed by atoms with Crippen molar-refractivity contribution >= 4 is 33.3 Å². The quantitative estimate of drug-likeness (QED) is 0.583. The van der Waals surface area contributed by atoms with E-state index in [-0.39, 0.29) is 12.4 Å². The van der Waals surface area contributed by atoms with Crippen LogP contribution in [0.25, 0.3) is 22.0 Å². The second-order valence-electron chi connectivity index (χ2n) is 8.51. The minimum atomic E-state index is -3.89. The van der Waals surface area contributed by atoms with E-state index in [1.54, 1.807) is 0 Å². The molecule has 4 N–H and O–H groups in total. The van der Waals surface area contributed by atoms with Gasteiger partial charge in [0.15, 0.2) is 0 Å². The number of hydrogen-bond donors (Lipinski definition) is 2. The summed E-state index contributed by atoms with van der Waals surface area (Å²) in [6, 6.07) is 17.9. The van der Waals surface area contributed by atoms with E-state index in [2.05, 4.69) is 6.07 Å². The van der Waals surface area contributed by atoms with Crippen LogP contribution in [0.2, 0.25) is 0 Å². The van der Waals surface area contributed by atoms with Crippen molar-refractivity contribution in [3.8, 4) is 11.1 Å². The molecule has 0 bridgehead atoms. The van der Waals surface area contributed by atoms with Crippen LogP contribution in [-0.2, 0) is 22.0 Å². The Bertz CT molecular complexity index is 1350. The molecule has 1 heterocycles. The molecule has 1 aromatic heterocycles. The van der Waals surface area contributed by atoms with Gasteiger partial charge in [0.2, 0.25) is 10.0 Å². The van der Waals surface area contributed by atoms with E-state index in [0.29, 0.717) is 17.8 Å². The normalized spacial score (nSPS) is 21.0. The standard InChI is InChI=1S/C25H27N3O2S.ClH/c1-16-11-17(2)24(31(27,29)30)25(3,14-16)23-21(19-9-6-7-18(12-19)15-26)13-20-8-4-5-10-22(20)28-23;/h4-14,24H,15,26H2,1-3H3,(H2,27,29,30);1H. The Morgan fingerprint density at radius 2 is 1.78 bits per heavy atom. The number of primary sulfonamides is 1. The summed E-state index contributed by atoms with van der Waals surface area (Å²) in [5.41, 5.74) is 11.0. The second kappa shape index (κ2) is 8.79. The third kappa shape index (κ3) is 4.24. The number of hydrogen-bond acceptors (Lipinski definition) is 4. The Labute approximate surface area is 195 Å². The molecule has 0 saturated carbocycles. The van der Waals surface area contributed by atoms with Crippen molar-refractivity contribution in [2.45, 2.75) is 38.0 Å². The van der Waals surface area contributed by atoms with Gasteiger partial charge in [-0.25, -0.2) is 13.6 Å². The first kappa shape index (κ1) is 24.1. The summed E-state index contributed by atoms with van der Waals surface area (Å²) in [6.07, 6.45) is 3.86. The van der Waals surface area contributed by atoms with Crippen molar-refractivity contribution in [2.75, 3.05) is 0 Å². The number of para-hydroxylation sites is 1. The van der Waals surface area contributed by atoms with Gasteiger partial charge in [0.1, 0.15) is 5.25 Å². The second-order valence-corrected chi connectivity index (χ2v) is 10.2. The highest BCUT2D eigenvalue weighted by atomic mass is 35.5. The molecule has 2 unspecified atom stereocenters. The van der Waals surface area contributed by atoms with E-state index in [9.17, 15) is 8.42 Å². The predicted octanol–water partition coefficient (Wildman–Crippen LogP) is 4.60. The minimum Gasteiger partial charge on any atom is -0.326 e. The van der Waals surface area contributed by atoms with E-state index in [0.717, 1.165) is 33.2 Å². The maximum Gasteiger partial charge on any atom is 0.217 e. The van der Waals surface area contributed by atoms with Crippen molar-refractivity contribution in [1.82, 2.24) is 4.98 Å². The van der Waals surface area contributed by atoms with Crippen LogP contribution in [-0.4, -0.2) is 18.7 Å². The molecule has 0 spiro atoms. The Balaban J connectivity index is 0.00000289. The number of fused-ring (bicyclic) bond motifs is 1. The molecule has 4 rings (SSSR count). The summed E-state index contributed by atoms with van der Waals surface area (Å²) >= 11 is 0. The Hall–Kier alpha value is -2.51. The number of rotatable bonds is 4. The molecule has 0 fully saturated rings. The lowest BCUT2D eigenvalue weighted by molar-refractivity contribution is 0.521. The number of halogens is 1. The van der Waals surface area contributed by atoms with Gasteiger partial charge in [0.05, 0.1) is 16.6 Å². The van der Waals surface area contributed by atoms with Crippen LogP contribution in [0.5, 0.6) is 0 Å². The zero-order valence-corrected chi connectivity index (χ0v) is 20.0. The fraction of sp³-hybridized carbons (Fsp3) is 0.240. The number of nitrogens with two attached hydrogens (primary N) is 2. The fourth-order valence-corrected chi connectivity index (χ4v) is 6.35. The van der Waals surface area contributed by atoms with Gasteiger partial charge >= 0.3 is 0 Å². The predicted molar refractivity (Wildman–Crippen MR) is 134 cm³/mol. The number of allylic oxidation sites excluding steroid dienone is 3. The van der Waals surface area contributed by atoms with Gasteiger partial charge in [0.25, 0.3) is 0 Å². The molecule has 1 aliphatic rings. The van der Waals surface area contributed by atoms with E-state index in [1.807, 2.05) is 81.5 Å². The van der Waals surface area contributed by atoms with Crippen molar-refractivity contribution < 1.29 is 8.42 Å². The molecule has 0 saturated heterocycles. The van der Waals surface area contributed by atoms with Crippen molar-refractivity contribution in [3.63, 3.8) is 0 Å². The van der Waals surface area contributed by atoms with Crippen LogP contribution < -0.4 is 10.9 Å².